The maximum absolute atomic E-state index is 13.0. The number of hydrogen-bond donors (Lipinski definition) is 0. The highest BCUT2D eigenvalue weighted by Gasteiger charge is 2.27. The molecule has 4 rings (SSSR count). The number of ether oxygens (including phenoxy) is 1. The molecule has 6 heteroatoms. The third-order valence-electron chi connectivity index (χ3n) is 6.15. The first-order valence-electron chi connectivity index (χ1n) is 11.1. The second kappa shape index (κ2) is 9.39. The van der Waals surface area contributed by atoms with E-state index in [1.54, 1.807) is 25.1 Å². The zero-order valence-electron chi connectivity index (χ0n) is 18.4. The minimum Gasteiger partial charge on any atom is -0.455 e. The van der Waals surface area contributed by atoms with Crippen LogP contribution in [0.2, 0.25) is 0 Å². The standard InChI is InChI=1S/C26H27NO5/c1-3-19-12-7-8-15-27(19)22(28)16-31-26(30)21-14-9-13-20-23(29)17(2)24(32-25(20)21)18-10-5-4-6-11-18/h4-6,9-11,13-14,19H,3,7-8,12,15-16H2,1-2H3/t19-/m0/s1. The molecule has 0 spiro atoms. The smallest absolute Gasteiger partial charge is 0.342 e. The van der Waals surface area contributed by atoms with Crippen molar-refractivity contribution in [3.05, 3.63) is 69.9 Å². The molecule has 1 aliphatic heterocycles. The van der Waals surface area contributed by atoms with Crippen LogP contribution in [0.3, 0.4) is 0 Å². The van der Waals surface area contributed by atoms with Gasteiger partial charge in [-0.1, -0.05) is 43.3 Å². The number of carbonyl (C=O) groups excluding carboxylic acids is 2. The maximum Gasteiger partial charge on any atom is 0.342 e. The summed E-state index contributed by atoms with van der Waals surface area (Å²) in [6.45, 7) is 4.14. The first-order chi connectivity index (χ1) is 15.5. The van der Waals surface area contributed by atoms with E-state index in [2.05, 4.69) is 6.92 Å². The van der Waals surface area contributed by atoms with Crippen molar-refractivity contribution in [3.8, 4) is 11.3 Å². The number of rotatable bonds is 5. The van der Waals surface area contributed by atoms with Crippen LogP contribution in [0.15, 0.2) is 57.7 Å². The largest absolute Gasteiger partial charge is 0.455 e. The molecule has 6 nitrogen and oxygen atoms in total. The molecule has 1 aliphatic rings. The molecule has 2 aromatic carbocycles. The topological polar surface area (TPSA) is 76.8 Å². The second-order valence-electron chi connectivity index (χ2n) is 8.15. The van der Waals surface area contributed by atoms with Crippen LogP contribution in [-0.4, -0.2) is 36.0 Å². The van der Waals surface area contributed by atoms with Gasteiger partial charge in [0.25, 0.3) is 5.91 Å². The monoisotopic (exact) mass is 433 g/mol. The van der Waals surface area contributed by atoms with Crippen molar-refractivity contribution < 1.29 is 18.7 Å². The zero-order valence-corrected chi connectivity index (χ0v) is 18.4. The minimum absolute atomic E-state index is 0.135. The minimum atomic E-state index is -0.681. The molecule has 0 saturated carbocycles. The summed E-state index contributed by atoms with van der Waals surface area (Å²) in [6.07, 6.45) is 3.94. The number of benzene rings is 2. The van der Waals surface area contributed by atoms with Gasteiger partial charge in [0.15, 0.2) is 17.6 Å². The quantitative estimate of drug-likeness (QED) is 0.545. The fraction of sp³-hybridized carbons (Fsp3) is 0.346. The predicted molar refractivity (Wildman–Crippen MR) is 123 cm³/mol. The van der Waals surface area contributed by atoms with Gasteiger partial charge >= 0.3 is 5.97 Å². The van der Waals surface area contributed by atoms with E-state index in [4.69, 9.17) is 9.15 Å². The van der Waals surface area contributed by atoms with Crippen molar-refractivity contribution in [2.75, 3.05) is 13.2 Å². The highest BCUT2D eigenvalue weighted by Crippen LogP contribution is 2.27. The second-order valence-corrected chi connectivity index (χ2v) is 8.15. The molecule has 1 fully saturated rings. The number of esters is 1. The van der Waals surface area contributed by atoms with Crippen LogP contribution in [0.25, 0.3) is 22.3 Å². The molecule has 1 amide bonds. The fourth-order valence-electron chi connectivity index (χ4n) is 4.38. The molecular weight excluding hydrogens is 406 g/mol. The summed E-state index contributed by atoms with van der Waals surface area (Å²) in [5.74, 6) is -0.453. The molecule has 0 radical (unpaired) electrons. The maximum atomic E-state index is 13.0. The molecule has 1 saturated heterocycles. The van der Waals surface area contributed by atoms with Crippen LogP contribution in [0.1, 0.15) is 48.5 Å². The van der Waals surface area contributed by atoms with Gasteiger partial charge in [-0.25, -0.2) is 4.79 Å². The van der Waals surface area contributed by atoms with Gasteiger partial charge in [-0.05, 0) is 44.7 Å². The lowest BCUT2D eigenvalue weighted by Gasteiger charge is -2.35. The van der Waals surface area contributed by atoms with Crippen LogP contribution in [0, 0.1) is 6.92 Å². The summed E-state index contributed by atoms with van der Waals surface area (Å²) in [5, 5.41) is 0.310. The van der Waals surface area contributed by atoms with Crippen LogP contribution in [0.4, 0.5) is 0 Å². The number of amides is 1. The van der Waals surface area contributed by atoms with Gasteiger partial charge in [0.1, 0.15) is 11.3 Å². The van der Waals surface area contributed by atoms with E-state index in [1.165, 1.54) is 0 Å². The Morgan fingerprint density at radius 3 is 2.62 bits per heavy atom. The van der Waals surface area contributed by atoms with Crippen LogP contribution >= 0.6 is 0 Å². The molecule has 2 heterocycles. The van der Waals surface area contributed by atoms with Crippen molar-refractivity contribution in [3.63, 3.8) is 0 Å². The first kappa shape index (κ1) is 21.8. The lowest BCUT2D eigenvalue weighted by atomic mass is 10.00. The Kier molecular flexibility index (Phi) is 6.40. The van der Waals surface area contributed by atoms with E-state index < -0.39 is 5.97 Å². The molecule has 32 heavy (non-hydrogen) atoms. The third kappa shape index (κ3) is 4.17. The summed E-state index contributed by atoms with van der Waals surface area (Å²) in [5.41, 5.74) is 1.33. The summed E-state index contributed by atoms with van der Waals surface area (Å²) < 4.78 is 11.4. The average Bonchev–Trinajstić information content (AvgIpc) is 2.84. The molecule has 0 bridgehead atoms. The number of piperidine rings is 1. The Morgan fingerprint density at radius 1 is 1.09 bits per heavy atom. The molecule has 0 unspecified atom stereocenters. The van der Waals surface area contributed by atoms with Gasteiger partial charge in [0.2, 0.25) is 0 Å². The molecule has 0 N–H and O–H groups in total. The number of carbonyl (C=O) groups is 2. The number of para-hydroxylation sites is 1. The van der Waals surface area contributed by atoms with Crippen LogP contribution in [0.5, 0.6) is 0 Å². The molecule has 1 aromatic heterocycles. The van der Waals surface area contributed by atoms with E-state index in [0.717, 1.165) is 31.2 Å². The number of hydrogen-bond acceptors (Lipinski definition) is 5. The number of nitrogens with zero attached hydrogens (tertiary/aromatic N) is 1. The lowest BCUT2D eigenvalue weighted by molar-refractivity contribution is -0.138. The van der Waals surface area contributed by atoms with E-state index in [0.29, 0.717) is 23.3 Å². The van der Waals surface area contributed by atoms with Gasteiger partial charge in [-0.15, -0.1) is 0 Å². The highest BCUT2D eigenvalue weighted by atomic mass is 16.5. The van der Waals surface area contributed by atoms with Crippen LogP contribution in [-0.2, 0) is 9.53 Å². The van der Waals surface area contributed by atoms with Crippen molar-refractivity contribution in [1.29, 1.82) is 0 Å². The van der Waals surface area contributed by atoms with Crippen molar-refractivity contribution in [2.24, 2.45) is 0 Å². The Morgan fingerprint density at radius 2 is 1.88 bits per heavy atom. The number of fused-ring (bicyclic) bond motifs is 1. The fourth-order valence-corrected chi connectivity index (χ4v) is 4.38. The predicted octanol–water partition coefficient (Wildman–Crippen LogP) is 4.72. The normalized spacial score (nSPS) is 16.2. The van der Waals surface area contributed by atoms with Crippen molar-refractivity contribution in [2.45, 2.75) is 45.6 Å². The van der Waals surface area contributed by atoms with E-state index in [1.807, 2.05) is 35.2 Å². The lowest BCUT2D eigenvalue weighted by Crippen LogP contribution is -2.45. The first-order valence-corrected chi connectivity index (χ1v) is 11.1. The average molecular weight is 434 g/mol. The molecule has 0 aliphatic carbocycles. The van der Waals surface area contributed by atoms with Gasteiger partial charge in [-0.3, -0.25) is 9.59 Å². The van der Waals surface area contributed by atoms with Gasteiger partial charge in [0, 0.05) is 23.7 Å². The molecule has 166 valence electrons. The van der Waals surface area contributed by atoms with E-state index in [9.17, 15) is 14.4 Å². The van der Waals surface area contributed by atoms with Gasteiger partial charge in [-0.2, -0.15) is 0 Å². The van der Waals surface area contributed by atoms with Crippen molar-refractivity contribution in [1.82, 2.24) is 4.90 Å². The molecular formula is C26H27NO5. The Bertz CT molecular complexity index is 1200. The Labute approximate surface area is 186 Å². The summed E-state index contributed by atoms with van der Waals surface area (Å²) in [7, 11) is 0. The SMILES string of the molecule is CC[C@H]1CCCCN1C(=O)COC(=O)c1cccc2c(=O)c(C)c(-c3ccccc3)oc12. The van der Waals surface area contributed by atoms with E-state index in [-0.39, 0.29) is 35.1 Å². The highest BCUT2D eigenvalue weighted by molar-refractivity contribution is 6.02. The summed E-state index contributed by atoms with van der Waals surface area (Å²) >= 11 is 0. The van der Waals surface area contributed by atoms with Crippen LogP contribution < -0.4 is 5.43 Å². The van der Waals surface area contributed by atoms with Gasteiger partial charge < -0.3 is 14.1 Å². The van der Waals surface area contributed by atoms with Gasteiger partial charge in [0.05, 0.1) is 5.39 Å². The molecule has 1 atom stereocenters. The number of likely N-dealkylation sites (tertiary alicyclic amines) is 1. The summed E-state index contributed by atoms with van der Waals surface area (Å²) in [6, 6.07) is 14.3. The Hall–Kier alpha value is -3.41. The third-order valence-corrected chi connectivity index (χ3v) is 6.15. The molecule has 3 aromatic rings. The zero-order chi connectivity index (χ0) is 22.7. The van der Waals surface area contributed by atoms with Crippen molar-refractivity contribution >= 4 is 22.8 Å². The summed E-state index contributed by atoms with van der Waals surface area (Å²) in [4.78, 5) is 40.3. The Balaban J connectivity index is 1.62. The van der Waals surface area contributed by atoms with E-state index >= 15 is 0 Å².